The van der Waals surface area contributed by atoms with Gasteiger partial charge in [0.1, 0.15) is 0 Å². The highest BCUT2D eigenvalue weighted by molar-refractivity contribution is 6.31. The standard InChI is InChI=1S/C13H14ClNO/c1-3-4-12(15)13(16)8-10-6-5-9(2)7-11(10)14/h1,5-7,12H,4,8,15H2,2H3. The van der Waals surface area contributed by atoms with Crippen molar-refractivity contribution in [3.05, 3.63) is 34.3 Å². The lowest BCUT2D eigenvalue weighted by molar-refractivity contribution is -0.119. The molecule has 0 heterocycles. The first-order valence-corrected chi connectivity index (χ1v) is 5.39. The van der Waals surface area contributed by atoms with E-state index in [1.807, 2.05) is 25.1 Å². The molecule has 84 valence electrons. The largest absolute Gasteiger partial charge is 0.321 e. The second kappa shape index (κ2) is 5.69. The first-order chi connectivity index (χ1) is 7.54. The van der Waals surface area contributed by atoms with Crippen LogP contribution in [0.1, 0.15) is 17.5 Å². The van der Waals surface area contributed by atoms with Gasteiger partial charge in [-0.3, -0.25) is 4.79 Å². The highest BCUT2D eigenvalue weighted by Gasteiger charge is 2.14. The predicted octanol–water partition coefficient (Wildman–Crippen LogP) is 2.11. The van der Waals surface area contributed by atoms with Crippen LogP contribution in [0.15, 0.2) is 18.2 Å². The minimum atomic E-state index is -0.595. The van der Waals surface area contributed by atoms with Crippen LogP contribution >= 0.6 is 11.6 Å². The van der Waals surface area contributed by atoms with Crippen molar-refractivity contribution in [1.82, 2.24) is 0 Å². The Kier molecular flexibility index (Phi) is 4.54. The maximum atomic E-state index is 11.7. The molecule has 2 N–H and O–H groups in total. The van der Waals surface area contributed by atoms with E-state index in [0.717, 1.165) is 11.1 Å². The summed E-state index contributed by atoms with van der Waals surface area (Å²) in [7, 11) is 0. The molecule has 2 nitrogen and oxygen atoms in total. The molecule has 1 aromatic carbocycles. The van der Waals surface area contributed by atoms with Crippen molar-refractivity contribution in [1.29, 1.82) is 0 Å². The summed E-state index contributed by atoms with van der Waals surface area (Å²) in [5.41, 5.74) is 7.48. The number of Topliss-reactive ketones (excluding diaryl/α,β-unsaturated/α-hetero) is 1. The molecule has 0 spiro atoms. The number of hydrogen-bond acceptors (Lipinski definition) is 2. The number of carbonyl (C=O) groups excluding carboxylic acids is 1. The number of halogens is 1. The molecule has 1 atom stereocenters. The van der Waals surface area contributed by atoms with Crippen molar-refractivity contribution in [3.8, 4) is 12.3 Å². The van der Waals surface area contributed by atoms with Gasteiger partial charge in [0.15, 0.2) is 5.78 Å². The van der Waals surface area contributed by atoms with Crippen molar-refractivity contribution in [2.45, 2.75) is 25.8 Å². The Bertz CT molecular complexity index is 434. The molecule has 0 bridgehead atoms. The summed E-state index contributed by atoms with van der Waals surface area (Å²) in [5.74, 6) is 2.30. The van der Waals surface area contributed by atoms with Crippen molar-refractivity contribution < 1.29 is 4.79 Å². The molecule has 0 saturated heterocycles. The Labute approximate surface area is 101 Å². The van der Waals surface area contributed by atoms with Crippen LogP contribution in [0.25, 0.3) is 0 Å². The number of terminal acetylenes is 1. The van der Waals surface area contributed by atoms with Crippen LogP contribution in [-0.2, 0) is 11.2 Å². The van der Waals surface area contributed by atoms with Gasteiger partial charge >= 0.3 is 0 Å². The molecule has 16 heavy (non-hydrogen) atoms. The third-order valence-electron chi connectivity index (χ3n) is 2.32. The maximum Gasteiger partial charge on any atom is 0.154 e. The summed E-state index contributed by atoms with van der Waals surface area (Å²) in [5, 5.41) is 0.598. The quantitative estimate of drug-likeness (QED) is 0.813. The van der Waals surface area contributed by atoms with Gasteiger partial charge in [-0.1, -0.05) is 23.7 Å². The van der Waals surface area contributed by atoms with Crippen molar-refractivity contribution >= 4 is 17.4 Å². The van der Waals surface area contributed by atoms with Crippen LogP contribution in [-0.4, -0.2) is 11.8 Å². The van der Waals surface area contributed by atoms with Gasteiger partial charge in [0, 0.05) is 17.9 Å². The molecular formula is C13H14ClNO. The number of rotatable bonds is 4. The van der Waals surface area contributed by atoms with Crippen LogP contribution in [0.3, 0.4) is 0 Å². The Morgan fingerprint density at radius 3 is 2.88 bits per heavy atom. The van der Waals surface area contributed by atoms with Gasteiger partial charge in [0.05, 0.1) is 6.04 Å². The van der Waals surface area contributed by atoms with Gasteiger partial charge in [-0.15, -0.1) is 12.3 Å². The molecule has 1 unspecified atom stereocenters. The Balaban J connectivity index is 2.74. The Morgan fingerprint density at radius 1 is 1.62 bits per heavy atom. The van der Waals surface area contributed by atoms with E-state index >= 15 is 0 Å². The molecule has 1 rings (SSSR count). The van der Waals surface area contributed by atoms with Gasteiger partial charge in [-0.05, 0) is 24.1 Å². The molecule has 0 radical (unpaired) electrons. The molecular weight excluding hydrogens is 222 g/mol. The summed E-state index contributed by atoms with van der Waals surface area (Å²) >= 11 is 6.02. The number of hydrogen-bond donors (Lipinski definition) is 1. The van der Waals surface area contributed by atoms with Crippen molar-refractivity contribution in [3.63, 3.8) is 0 Å². The highest BCUT2D eigenvalue weighted by Crippen LogP contribution is 2.18. The van der Waals surface area contributed by atoms with E-state index in [9.17, 15) is 4.79 Å². The fourth-order valence-electron chi connectivity index (χ4n) is 1.36. The molecule has 0 amide bonds. The molecule has 0 fully saturated rings. The van der Waals surface area contributed by atoms with E-state index in [2.05, 4.69) is 5.92 Å². The van der Waals surface area contributed by atoms with Crippen LogP contribution < -0.4 is 5.73 Å². The average molecular weight is 236 g/mol. The first kappa shape index (κ1) is 12.8. The number of nitrogens with two attached hydrogens (primary N) is 1. The van der Waals surface area contributed by atoms with Gasteiger partial charge in [0.25, 0.3) is 0 Å². The van der Waals surface area contributed by atoms with Crippen LogP contribution in [0.4, 0.5) is 0 Å². The molecule has 3 heteroatoms. The average Bonchev–Trinajstić information content (AvgIpc) is 2.22. The lowest BCUT2D eigenvalue weighted by atomic mass is 10.0. The normalized spacial score (nSPS) is 11.9. The summed E-state index contributed by atoms with van der Waals surface area (Å²) in [4.78, 5) is 11.7. The predicted molar refractivity (Wildman–Crippen MR) is 66.3 cm³/mol. The van der Waals surface area contributed by atoms with Crippen LogP contribution in [0.5, 0.6) is 0 Å². The van der Waals surface area contributed by atoms with Crippen LogP contribution in [0, 0.1) is 19.3 Å². The fraction of sp³-hybridized carbons (Fsp3) is 0.308. The first-order valence-electron chi connectivity index (χ1n) is 5.01. The molecule has 0 aliphatic carbocycles. The Morgan fingerprint density at radius 2 is 2.31 bits per heavy atom. The minimum Gasteiger partial charge on any atom is -0.321 e. The SMILES string of the molecule is C#CCC(N)C(=O)Cc1ccc(C)cc1Cl. The molecule has 0 aliphatic rings. The monoisotopic (exact) mass is 235 g/mol. The molecule has 0 saturated carbocycles. The maximum absolute atomic E-state index is 11.7. The fourth-order valence-corrected chi connectivity index (χ4v) is 1.66. The van der Waals surface area contributed by atoms with Gasteiger partial charge in [-0.25, -0.2) is 0 Å². The molecule has 0 aromatic heterocycles. The summed E-state index contributed by atoms with van der Waals surface area (Å²) in [6.45, 7) is 1.95. The lowest BCUT2D eigenvalue weighted by Crippen LogP contribution is -2.31. The number of carbonyl (C=O) groups is 1. The summed E-state index contributed by atoms with van der Waals surface area (Å²) in [6, 6.07) is 5.00. The van der Waals surface area contributed by atoms with Crippen molar-refractivity contribution in [2.75, 3.05) is 0 Å². The number of aryl methyl sites for hydroxylation is 1. The highest BCUT2D eigenvalue weighted by atomic mass is 35.5. The Hall–Kier alpha value is -1.30. The smallest absolute Gasteiger partial charge is 0.154 e. The van der Waals surface area contributed by atoms with E-state index in [4.69, 9.17) is 23.8 Å². The molecule has 1 aromatic rings. The van der Waals surface area contributed by atoms with E-state index in [0.29, 0.717) is 5.02 Å². The third-order valence-corrected chi connectivity index (χ3v) is 2.68. The van der Waals surface area contributed by atoms with Gasteiger partial charge < -0.3 is 5.73 Å². The second-order valence-electron chi connectivity index (χ2n) is 3.75. The van der Waals surface area contributed by atoms with E-state index in [-0.39, 0.29) is 18.6 Å². The lowest BCUT2D eigenvalue weighted by Gasteiger charge is -2.08. The van der Waals surface area contributed by atoms with E-state index in [1.165, 1.54) is 0 Å². The minimum absolute atomic E-state index is 0.0799. The topological polar surface area (TPSA) is 43.1 Å². The third kappa shape index (κ3) is 3.37. The molecule has 0 aliphatic heterocycles. The zero-order valence-corrected chi connectivity index (χ0v) is 9.92. The number of ketones is 1. The number of benzene rings is 1. The zero-order chi connectivity index (χ0) is 12.1. The van der Waals surface area contributed by atoms with Gasteiger partial charge in [-0.2, -0.15) is 0 Å². The summed E-state index contributed by atoms with van der Waals surface area (Å²) in [6.07, 6.45) is 5.61. The van der Waals surface area contributed by atoms with Gasteiger partial charge in [0.2, 0.25) is 0 Å². The summed E-state index contributed by atoms with van der Waals surface area (Å²) < 4.78 is 0. The zero-order valence-electron chi connectivity index (χ0n) is 9.16. The second-order valence-corrected chi connectivity index (χ2v) is 4.16. The van der Waals surface area contributed by atoms with Crippen molar-refractivity contribution in [2.24, 2.45) is 5.73 Å². The van der Waals surface area contributed by atoms with Crippen LogP contribution in [0.2, 0.25) is 5.02 Å². The van der Waals surface area contributed by atoms with E-state index < -0.39 is 6.04 Å². The van der Waals surface area contributed by atoms with E-state index in [1.54, 1.807) is 0 Å².